The second-order valence-corrected chi connectivity index (χ2v) is 7.72. The molecule has 0 aromatic heterocycles. The van der Waals surface area contributed by atoms with Crippen LogP contribution in [0.4, 0.5) is 0 Å². The minimum atomic E-state index is -0.360. The van der Waals surface area contributed by atoms with Crippen LogP contribution in [0.2, 0.25) is 0 Å². The lowest BCUT2D eigenvalue weighted by atomic mass is 9.75. The molecule has 138 valence electrons. The van der Waals surface area contributed by atoms with E-state index in [1.807, 2.05) is 31.2 Å². The third-order valence-electron chi connectivity index (χ3n) is 4.93. The van der Waals surface area contributed by atoms with Crippen LogP contribution in [0.1, 0.15) is 57.4 Å². The van der Waals surface area contributed by atoms with Gasteiger partial charge in [-0.3, -0.25) is 4.79 Å². The number of carbonyl (C=O) groups is 2. The number of rotatable bonds is 5. The first kappa shape index (κ1) is 18.9. The number of unbranched alkanes of at least 4 members (excludes halogenated alkanes) is 1. The highest BCUT2D eigenvalue weighted by atomic mass is 79.9. The van der Waals surface area contributed by atoms with Crippen LogP contribution < -0.4 is 5.32 Å². The predicted molar refractivity (Wildman–Crippen MR) is 104 cm³/mol. The second-order valence-electron chi connectivity index (χ2n) is 6.81. The fourth-order valence-electron chi connectivity index (χ4n) is 3.63. The summed E-state index contributed by atoms with van der Waals surface area (Å²) in [5.41, 5.74) is 3.97. The SMILES string of the molecule is CCCCOC(=O)C1=C(C)NC2=C(C(=O)CCC2)[C@@H]1c1ccc(Br)cc1. The number of carbonyl (C=O) groups excluding carboxylic acids is 2. The van der Waals surface area contributed by atoms with Gasteiger partial charge in [-0.1, -0.05) is 41.4 Å². The van der Waals surface area contributed by atoms with Gasteiger partial charge >= 0.3 is 5.97 Å². The number of nitrogens with one attached hydrogen (secondary N) is 1. The molecule has 3 rings (SSSR count). The third-order valence-corrected chi connectivity index (χ3v) is 5.46. The Morgan fingerprint density at radius 3 is 2.69 bits per heavy atom. The van der Waals surface area contributed by atoms with Gasteiger partial charge in [-0.05, 0) is 43.9 Å². The van der Waals surface area contributed by atoms with E-state index < -0.39 is 0 Å². The van der Waals surface area contributed by atoms with Crippen molar-refractivity contribution in [2.45, 2.75) is 51.9 Å². The maximum absolute atomic E-state index is 12.9. The number of allylic oxidation sites excluding steroid dienone is 3. The molecule has 0 amide bonds. The van der Waals surface area contributed by atoms with Gasteiger partial charge in [-0.15, -0.1) is 0 Å². The zero-order valence-electron chi connectivity index (χ0n) is 15.2. The summed E-state index contributed by atoms with van der Waals surface area (Å²) in [4.78, 5) is 25.6. The van der Waals surface area contributed by atoms with Crippen molar-refractivity contribution in [2.75, 3.05) is 6.61 Å². The van der Waals surface area contributed by atoms with Crippen molar-refractivity contribution in [2.24, 2.45) is 0 Å². The summed E-state index contributed by atoms with van der Waals surface area (Å²) in [7, 11) is 0. The van der Waals surface area contributed by atoms with Crippen LogP contribution in [0.3, 0.4) is 0 Å². The molecular formula is C21H24BrNO3. The fraction of sp³-hybridized carbons (Fsp3) is 0.429. The van der Waals surface area contributed by atoms with Crippen LogP contribution >= 0.6 is 15.9 Å². The van der Waals surface area contributed by atoms with E-state index in [1.165, 1.54) is 0 Å². The molecule has 0 spiro atoms. The van der Waals surface area contributed by atoms with E-state index >= 15 is 0 Å². The largest absolute Gasteiger partial charge is 0.462 e. The summed E-state index contributed by atoms with van der Waals surface area (Å²) >= 11 is 3.45. The van der Waals surface area contributed by atoms with E-state index in [4.69, 9.17) is 4.74 Å². The van der Waals surface area contributed by atoms with E-state index in [-0.39, 0.29) is 17.7 Å². The Hall–Kier alpha value is -1.88. The van der Waals surface area contributed by atoms with Gasteiger partial charge in [0.25, 0.3) is 0 Å². The molecule has 5 heteroatoms. The number of benzene rings is 1. The first-order valence-electron chi connectivity index (χ1n) is 9.19. The van der Waals surface area contributed by atoms with Gasteiger partial charge in [0.15, 0.2) is 5.78 Å². The molecule has 2 aliphatic rings. The molecule has 0 fully saturated rings. The molecule has 26 heavy (non-hydrogen) atoms. The number of dihydropyridines is 1. The lowest BCUT2D eigenvalue weighted by Crippen LogP contribution is -2.34. The summed E-state index contributed by atoms with van der Waals surface area (Å²) in [6.07, 6.45) is 4.02. The molecule has 0 saturated heterocycles. The Kier molecular flexibility index (Phi) is 5.97. The average molecular weight is 418 g/mol. The van der Waals surface area contributed by atoms with E-state index in [2.05, 4.69) is 28.2 Å². The minimum absolute atomic E-state index is 0.123. The van der Waals surface area contributed by atoms with E-state index in [0.29, 0.717) is 18.6 Å². The number of hydrogen-bond donors (Lipinski definition) is 1. The van der Waals surface area contributed by atoms with Gasteiger partial charge in [-0.25, -0.2) is 4.79 Å². The number of Topliss-reactive ketones (excluding diaryl/α,β-unsaturated/α-hetero) is 1. The van der Waals surface area contributed by atoms with Crippen molar-refractivity contribution >= 4 is 27.7 Å². The average Bonchev–Trinajstić information content (AvgIpc) is 2.61. The van der Waals surface area contributed by atoms with Crippen molar-refractivity contribution in [1.82, 2.24) is 5.32 Å². The fourth-order valence-corrected chi connectivity index (χ4v) is 3.89. The van der Waals surface area contributed by atoms with Crippen LogP contribution in [0.5, 0.6) is 0 Å². The summed E-state index contributed by atoms with van der Waals surface area (Å²) in [5.74, 6) is -0.569. The van der Waals surface area contributed by atoms with Crippen molar-refractivity contribution in [3.8, 4) is 0 Å². The number of halogens is 1. The van der Waals surface area contributed by atoms with E-state index in [0.717, 1.165) is 52.7 Å². The molecule has 1 atom stereocenters. The zero-order chi connectivity index (χ0) is 18.7. The normalized spacial score (nSPS) is 20.0. The van der Waals surface area contributed by atoms with Crippen LogP contribution in [-0.2, 0) is 14.3 Å². The maximum atomic E-state index is 12.9. The molecule has 1 aromatic rings. The zero-order valence-corrected chi connectivity index (χ0v) is 16.8. The van der Waals surface area contributed by atoms with Gasteiger partial charge < -0.3 is 10.1 Å². The smallest absolute Gasteiger partial charge is 0.336 e. The van der Waals surface area contributed by atoms with Crippen LogP contribution in [-0.4, -0.2) is 18.4 Å². The van der Waals surface area contributed by atoms with Gasteiger partial charge in [0, 0.05) is 33.8 Å². The van der Waals surface area contributed by atoms with Gasteiger partial charge in [-0.2, -0.15) is 0 Å². The van der Waals surface area contributed by atoms with Crippen LogP contribution in [0.15, 0.2) is 51.3 Å². The Balaban J connectivity index is 2.04. The summed E-state index contributed by atoms with van der Waals surface area (Å²) in [6.45, 7) is 4.35. The molecule has 0 radical (unpaired) electrons. The highest BCUT2D eigenvalue weighted by Crippen LogP contribution is 2.42. The Labute approximate surface area is 162 Å². The first-order chi connectivity index (χ1) is 12.5. The summed E-state index contributed by atoms with van der Waals surface area (Å²) < 4.78 is 6.47. The molecule has 1 aromatic carbocycles. The van der Waals surface area contributed by atoms with Crippen LogP contribution in [0, 0.1) is 0 Å². The standard InChI is InChI=1S/C21H24BrNO3/c1-3-4-12-26-21(25)18-13(2)23-16-6-5-7-17(24)20(16)19(18)14-8-10-15(22)11-9-14/h8-11,19,23H,3-7,12H2,1-2H3/t19-/m1/s1. The molecule has 1 N–H and O–H groups in total. The van der Waals surface area contributed by atoms with E-state index in [1.54, 1.807) is 0 Å². The number of ether oxygens (including phenoxy) is 1. The van der Waals surface area contributed by atoms with E-state index in [9.17, 15) is 9.59 Å². The molecule has 0 bridgehead atoms. The van der Waals surface area contributed by atoms with Crippen molar-refractivity contribution < 1.29 is 14.3 Å². The molecule has 1 aliphatic carbocycles. The minimum Gasteiger partial charge on any atom is -0.462 e. The van der Waals surface area contributed by atoms with Crippen molar-refractivity contribution in [1.29, 1.82) is 0 Å². The first-order valence-corrected chi connectivity index (χ1v) is 9.98. The quantitative estimate of drug-likeness (QED) is 0.554. The maximum Gasteiger partial charge on any atom is 0.336 e. The predicted octanol–water partition coefficient (Wildman–Crippen LogP) is 4.76. The Bertz CT molecular complexity index is 777. The number of hydrogen-bond acceptors (Lipinski definition) is 4. The lowest BCUT2D eigenvalue weighted by molar-refractivity contribution is -0.139. The molecular weight excluding hydrogens is 394 g/mol. The van der Waals surface area contributed by atoms with Gasteiger partial charge in [0.05, 0.1) is 12.2 Å². The Morgan fingerprint density at radius 1 is 1.27 bits per heavy atom. The van der Waals surface area contributed by atoms with Gasteiger partial charge in [0.1, 0.15) is 0 Å². The van der Waals surface area contributed by atoms with Crippen LogP contribution in [0.25, 0.3) is 0 Å². The number of esters is 1. The Morgan fingerprint density at radius 2 is 2.00 bits per heavy atom. The molecule has 4 nitrogen and oxygen atoms in total. The van der Waals surface area contributed by atoms with Crippen molar-refractivity contribution in [3.63, 3.8) is 0 Å². The molecule has 1 aliphatic heterocycles. The molecule has 1 heterocycles. The topological polar surface area (TPSA) is 55.4 Å². The summed E-state index contributed by atoms with van der Waals surface area (Å²) in [6, 6.07) is 7.83. The number of ketones is 1. The third kappa shape index (κ3) is 3.78. The molecule has 0 unspecified atom stereocenters. The molecule has 0 saturated carbocycles. The monoisotopic (exact) mass is 417 g/mol. The van der Waals surface area contributed by atoms with Crippen molar-refractivity contribution in [3.05, 3.63) is 56.8 Å². The lowest BCUT2D eigenvalue weighted by Gasteiger charge is -2.34. The van der Waals surface area contributed by atoms with Gasteiger partial charge in [0.2, 0.25) is 0 Å². The highest BCUT2D eigenvalue weighted by Gasteiger charge is 2.38. The summed E-state index contributed by atoms with van der Waals surface area (Å²) in [5, 5.41) is 3.31. The highest BCUT2D eigenvalue weighted by molar-refractivity contribution is 9.10. The second kappa shape index (κ2) is 8.21.